The number of carboxylic acid groups (broad SMARTS) is 1. The van der Waals surface area contributed by atoms with E-state index in [9.17, 15) is 4.79 Å². The second-order valence-corrected chi connectivity index (χ2v) is 5.01. The van der Waals surface area contributed by atoms with Crippen molar-refractivity contribution in [3.8, 4) is 0 Å². The minimum absolute atomic E-state index is 0.222. The second-order valence-electron chi connectivity index (χ2n) is 5.01. The zero-order valence-electron chi connectivity index (χ0n) is 11.0. The van der Waals surface area contributed by atoms with E-state index in [1.807, 2.05) is 0 Å². The molecule has 2 aromatic rings. The topological polar surface area (TPSA) is 62.2 Å². The van der Waals surface area contributed by atoms with Crippen molar-refractivity contribution >= 4 is 5.97 Å². The van der Waals surface area contributed by atoms with Gasteiger partial charge in [0.15, 0.2) is 0 Å². The Balaban J connectivity index is 1.64. The van der Waals surface area contributed by atoms with E-state index >= 15 is 0 Å². The lowest BCUT2D eigenvalue weighted by Crippen LogP contribution is -2.19. The molecule has 0 saturated heterocycles. The highest BCUT2D eigenvalue weighted by Crippen LogP contribution is 2.30. The molecule has 1 unspecified atom stereocenters. The lowest BCUT2D eigenvalue weighted by molar-refractivity contribution is 0.0696. The van der Waals surface area contributed by atoms with Gasteiger partial charge in [-0.1, -0.05) is 24.3 Å². The summed E-state index contributed by atoms with van der Waals surface area (Å²) in [5.41, 5.74) is 3.87. The van der Waals surface area contributed by atoms with Crippen LogP contribution in [-0.4, -0.2) is 16.1 Å². The van der Waals surface area contributed by atoms with Gasteiger partial charge in [0, 0.05) is 18.8 Å². The molecule has 0 radical (unpaired) electrons. The van der Waals surface area contributed by atoms with E-state index in [2.05, 4.69) is 34.6 Å². The number of aryl methyl sites for hydroxylation is 1. The highest BCUT2D eigenvalue weighted by atomic mass is 16.4. The normalized spacial score (nSPS) is 16.9. The maximum absolute atomic E-state index is 10.8. The number of aromatic carboxylic acids is 1. The number of nitrogens with zero attached hydrogens (tertiary/aromatic N) is 1. The molecule has 0 fully saturated rings. The SMILES string of the molecule is O=C(O)c1ccc(CNC2CCc3ccccc32)nc1. The molecule has 4 heteroatoms. The number of fused-ring (bicyclic) bond motifs is 1. The van der Waals surface area contributed by atoms with Gasteiger partial charge in [0.1, 0.15) is 0 Å². The van der Waals surface area contributed by atoms with Crippen LogP contribution in [0.2, 0.25) is 0 Å². The maximum atomic E-state index is 10.8. The third-order valence-electron chi connectivity index (χ3n) is 3.73. The smallest absolute Gasteiger partial charge is 0.337 e. The lowest BCUT2D eigenvalue weighted by Gasteiger charge is -2.13. The molecule has 3 rings (SSSR count). The van der Waals surface area contributed by atoms with E-state index in [1.165, 1.54) is 17.3 Å². The highest BCUT2D eigenvalue weighted by molar-refractivity contribution is 5.87. The van der Waals surface area contributed by atoms with E-state index in [0.29, 0.717) is 12.6 Å². The van der Waals surface area contributed by atoms with Gasteiger partial charge in [-0.2, -0.15) is 0 Å². The number of pyridine rings is 1. The van der Waals surface area contributed by atoms with Gasteiger partial charge in [-0.05, 0) is 36.1 Å². The Morgan fingerprint density at radius 2 is 2.15 bits per heavy atom. The Kier molecular flexibility index (Phi) is 3.48. The quantitative estimate of drug-likeness (QED) is 0.894. The summed E-state index contributed by atoms with van der Waals surface area (Å²) in [4.78, 5) is 14.9. The monoisotopic (exact) mass is 268 g/mol. The summed E-state index contributed by atoms with van der Waals surface area (Å²) in [6.07, 6.45) is 3.62. The van der Waals surface area contributed by atoms with Crippen molar-refractivity contribution < 1.29 is 9.90 Å². The van der Waals surface area contributed by atoms with Crippen LogP contribution in [0.4, 0.5) is 0 Å². The van der Waals surface area contributed by atoms with Crippen LogP contribution in [-0.2, 0) is 13.0 Å². The van der Waals surface area contributed by atoms with Gasteiger partial charge >= 0.3 is 5.97 Å². The van der Waals surface area contributed by atoms with Crippen molar-refractivity contribution in [3.05, 3.63) is 65.0 Å². The molecule has 0 spiro atoms. The van der Waals surface area contributed by atoms with Crippen LogP contribution < -0.4 is 5.32 Å². The molecule has 1 aliphatic carbocycles. The number of rotatable bonds is 4. The molecule has 0 saturated carbocycles. The molecular weight excluding hydrogens is 252 g/mol. The summed E-state index contributed by atoms with van der Waals surface area (Å²) in [6.45, 7) is 0.652. The zero-order chi connectivity index (χ0) is 13.9. The van der Waals surface area contributed by atoms with Gasteiger partial charge in [0.2, 0.25) is 0 Å². The summed E-state index contributed by atoms with van der Waals surface area (Å²) in [5.74, 6) is -0.943. The van der Waals surface area contributed by atoms with Crippen LogP contribution >= 0.6 is 0 Å². The third-order valence-corrected chi connectivity index (χ3v) is 3.73. The van der Waals surface area contributed by atoms with Gasteiger partial charge in [-0.3, -0.25) is 4.98 Å². The van der Waals surface area contributed by atoms with Crippen molar-refractivity contribution in [2.45, 2.75) is 25.4 Å². The third kappa shape index (κ3) is 2.56. The fourth-order valence-corrected chi connectivity index (χ4v) is 2.65. The van der Waals surface area contributed by atoms with Crippen LogP contribution in [0.25, 0.3) is 0 Å². The number of carbonyl (C=O) groups is 1. The van der Waals surface area contributed by atoms with Gasteiger partial charge in [-0.15, -0.1) is 0 Å². The van der Waals surface area contributed by atoms with Crippen molar-refractivity contribution in [3.63, 3.8) is 0 Å². The summed E-state index contributed by atoms with van der Waals surface area (Å²) in [6, 6.07) is 12.2. The van der Waals surface area contributed by atoms with Gasteiger partial charge in [0.25, 0.3) is 0 Å². The van der Waals surface area contributed by atoms with Crippen LogP contribution in [0.5, 0.6) is 0 Å². The number of nitrogens with one attached hydrogen (secondary N) is 1. The Hall–Kier alpha value is -2.20. The summed E-state index contributed by atoms with van der Waals surface area (Å²) < 4.78 is 0. The molecule has 0 amide bonds. The predicted octanol–water partition coefficient (Wildman–Crippen LogP) is 2.56. The average Bonchev–Trinajstić information content (AvgIpc) is 2.89. The molecule has 102 valence electrons. The minimum Gasteiger partial charge on any atom is -0.478 e. The first-order chi connectivity index (χ1) is 9.74. The first-order valence-corrected chi connectivity index (χ1v) is 6.73. The fourth-order valence-electron chi connectivity index (χ4n) is 2.65. The molecule has 1 atom stereocenters. The van der Waals surface area contributed by atoms with Crippen molar-refractivity contribution in [2.75, 3.05) is 0 Å². The number of hydrogen-bond donors (Lipinski definition) is 2. The van der Waals surface area contributed by atoms with Crippen LogP contribution in [0.15, 0.2) is 42.6 Å². The maximum Gasteiger partial charge on any atom is 0.337 e. The molecule has 1 aromatic heterocycles. The van der Waals surface area contributed by atoms with E-state index in [1.54, 1.807) is 12.1 Å². The minimum atomic E-state index is -0.943. The molecule has 0 aliphatic heterocycles. The predicted molar refractivity (Wildman–Crippen MR) is 75.5 cm³/mol. The van der Waals surface area contributed by atoms with Crippen molar-refractivity contribution in [1.29, 1.82) is 0 Å². The van der Waals surface area contributed by atoms with Gasteiger partial charge in [0.05, 0.1) is 11.3 Å². The Morgan fingerprint density at radius 1 is 1.30 bits per heavy atom. The second kappa shape index (κ2) is 5.43. The summed E-state index contributed by atoms with van der Waals surface area (Å²) in [5, 5.41) is 12.3. The van der Waals surface area contributed by atoms with Crippen LogP contribution in [0.1, 0.15) is 39.6 Å². The number of aromatic nitrogens is 1. The molecule has 4 nitrogen and oxygen atoms in total. The van der Waals surface area contributed by atoms with Crippen LogP contribution in [0.3, 0.4) is 0 Å². The summed E-state index contributed by atoms with van der Waals surface area (Å²) in [7, 11) is 0. The first-order valence-electron chi connectivity index (χ1n) is 6.73. The van der Waals surface area contributed by atoms with E-state index in [-0.39, 0.29) is 5.56 Å². The van der Waals surface area contributed by atoms with Gasteiger partial charge < -0.3 is 10.4 Å². The average molecular weight is 268 g/mol. The molecule has 20 heavy (non-hydrogen) atoms. The number of benzene rings is 1. The van der Waals surface area contributed by atoms with Crippen molar-refractivity contribution in [2.24, 2.45) is 0 Å². The molecular formula is C16H16N2O2. The van der Waals surface area contributed by atoms with E-state index in [0.717, 1.165) is 18.5 Å². The van der Waals surface area contributed by atoms with Crippen molar-refractivity contribution in [1.82, 2.24) is 10.3 Å². The zero-order valence-corrected chi connectivity index (χ0v) is 11.0. The van der Waals surface area contributed by atoms with E-state index in [4.69, 9.17) is 5.11 Å². The number of carboxylic acids is 1. The Labute approximate surface area is 117 Å². The Morgan fingerprint density at radius 3 is 2.90 bits per heavy atom. The van der Waals surface area contributed by atoms with Gasteiger partial charge in [-0.25, -0.2) is 4.79 Å². The lowest BCUT2D eigenvalue weighted by atomic mass is 10.1. The standard InChI is InChI=1S/C16H16N2O2/c19-16(20)12-5-7-13(17-9-12)10-18-15-8-6-11-3-1-2-4-14(11)15/h1-5,7,9,15,18H,6,8,10H2,(H,19,20). The number of hydrogen-bond acceptors (Lipinski definition) is 3. The molecule has 1 aliphatic rings. The highest BCUT2D eigenvalue weighted by Gasteiger charge is 2.21. The summed E-state index contributed by atoms with van der Waals surface area (Å²) >= 11 is 0. The largest absolute Gasteiger partial charge is 0.478 e. The fraction of sp³-hybridized carbons (Fsp3) is 0.250. The molecule has 2 N–H and O–H groups in total. The molecule has 1 heterocycles. The van der Waals surface area contributed by atoms with E-state index < -0.39 is 5.97 Å². The van der Waals surface area contributed by atoms with Crippen LogP contribution in [0, 0.1) is 0 Å². The Bertz CT molecular complexity index is 623. The molecule has 1 aromatic carbocycles. The first kappa shape index (κ1) is 12.8. The molecule has 0 bridgehead atoms.